The number of sulfonamides is 1. The van der Waals surface area contributed by atoms with Crippen LogP contribution in [-0.2, 0) is 24.3 Å². The minimum atomic E-state index is -3.75. The molecule has 0 fully saturated rings. The first kappa shape index (κ1) is 24.8. The first-order valence-electron chi connectivity index (χ1n) is 10.7. The first-order valence-corrected chi connectivity index (χ1v) is 12.2. The lowest BCUT2D eigenvalue weighted by atomic mass is 9.86. The second-order valence-corrected chi connectivity index (χ2v) is 10.6. The van der Waals surface area contributed by atoms with Gasteiger partial charge in [-0.1, -0.05) is 29.8 Å². The Balaban J connectivity index is 2.43. The highest BCUT2D eigenvalue weighted by molar-refractivity contribution is 7.95. The van der Waals surface area contributed by atoms with Crippen molar-refractivity contribution in [2.75, 3.05) is 18.4 Å². The highest BCUT2D eigenvalue weighted by Crippen LogP contribution is 2.47. The van der Waals surface area contributed by atoms with Crippen molar-refractivity contribution < 1.29 is 27.4 Å². The minimum absolute atomic E-state index is 0.0970. The number of carbonyl (C=O) groups excluding carboxylic acids is 1. The molecular weight excluding hydrogens is 442 g/mol. The molecule has 1 aliphatic heterocycles. The molecule has 178 valence electrons. The van der Waals surface area contributed by atoms with Gasteiger partial charge >= 0.3 is 5.97 Å². The fourth-order valence-electron chi connectivity index (χ4n) is 3.88. The maximum Gasteiger partial charge on any atom is 0.339 e. The van der Waals surface area contributed by atoms with Gasteiger partial charge in [-0.2, -0.15) is 0 Å². The van der Waals surface area contributed by atoms with Gasteiger partial charge < -0.3 is 14.2 Å². The van der Waals surface area contributed by atoms with E-state index in [-0.39, 0.29) is 12.3 Å². The van der Waals surface area contributed by atoms with E-state index in [0.717, 1.165) is 22.1 Å². The van der Waals surface area contributed by atoms with E-state index in [1.807, 2.05) is 58.9 Å². The molecule has 0 radical (unpaired) electrons. The van der Waals surface area contributed by atoms with Crippen LogP contribution >= 0.6 is 0 Å². The van der Waals surface area contributed by atoms with Crippen LogP contribution in [-0.4, -0.2) is 33.7 Å². The second-order valence-electron chi connectivity index (χ2n) is 9.07. The Morgan fingerprint density at radius 2 is 1.73 bits per heavy atom. The monoisotopic (exact) mass is 473 g/mol. The van der Waals surface area contributed by atoms with Gasteiger partial charge in [-0.05, 0) is 64.3 Å². The van der Waals surface area contributed by atoms with E-state index in [0.29, 0.717) is 22.4 Å². The van der Waals surface area contributed by atoms with Crippen molar-refractivity contribution in [2.45, 2.75) is 53.2 Å². The zero-order valence-electron chi connectivity index (χ0n) is 20.1. The highest BCUT2D eigenvalue weighted by Gasteiger charge is 2.35. The van der Waals surface area contributed by atoms with Gasteiger partial charge in [0, 0.05) is 11.1 Å². The summed E-state index contributed by atoms with van der Waals surface area (Å²) in [4.78, 5) is 13.0. The Morgan fingerprint density at radius 1 is 1.09 bits per heavy atom. The third-order valence-electron chi connectivity index (χ3n) is 5.32. The van der Waals surface area contributed by atoms with Gasteiger partial charge in [-0.3, -0.25) is 4.72 Å². The molecule has 1 aliphatic rings. The third kappa shape index (κ3) is 5.39. The summed E-state index contributed by atoms with van der Waals surface area (Å²) in [5, 5.41) is 1.07. The van der Waals surface area contributed by atoms with Crippen LogP contribution in [0.5, 0.6) is 5.75 Å². The van der Waals surface area contributed by atoms with Crippen LogP contribution in [0.2, 0.25) is 0 Å². The van der Waals surface area contributed by atoms with E-state index < -0.39 is 27.7 Å². The molecule has 8 heteroatoms. The lowest BCUT2D eigenvalue weighted by Gasteiger charge is -2.31. The summed E-state index contributed by atoms with van der Waals surface area (Å²) in [7, 11) is -2.44. The Labute approximate surface area is 195 Å². The standard InChI is InChI=1S/C25H31NO6S/c1-15-9-11-18(12-10-15)19-17(3)22-21(26-33(28,29)14-8-13-31-22)16(2)20(19)23(24(27)30-7)32-25(4,5)6/h8-12,14,23,26H,13H2,1-7H3/t23-/m0/s1. The summed E-state index contributed by atoms with van der Waals surface area (Å²) in [6.45, 7) is 11.2. The number of hydrogen-bond acceptors (Lipinski definition) is 6. The topological polar surface area (TPSA) is 90.9 Å². The van der Waals surface area contributed by atoms with Crippen LogP contribution in [0, 0.1) is 20.8 Å². The van der Waals surface area contributed by atoms with E-state index in [4.69, 9.17) is 14.2 Å². The van der Waals surface area contributed by atoms with Crippen LogP contribution in [0.4, 0.5) is 5.69 Å². The Morgan fingerprint density at radius 3 is 2.30 bits per heavy atom. The Kier molecular flexibility index (Phi) is 6.91. The molecule has 1 heterocycles. The number of aryl methyl sites for hydroxylation is 1. The number of ether oxygens (including phenoxy) is 3. The van der Waals surface area contributed by atoms with E-state index in [2.05, 4.69) is 4.72 Å². The first-order chi connectivity index (χ1) is 15.3. The van der Waals surface area contributed by atoms with Gasteiger partial charge in [0.1, 0.15) is 12.4 Å². The van der Waals surface area contributed by atoms with E-state index in [9.17, 15) is 13.2 Å². The van der Waals surface area contributed by atoms with Crippen molar-refractivity contribution in [2.24, 2.45) is 0 Å². The zero-order chi connectivity index (χ0) is 24.6. The molecule has 0 bridgehead atoms. The smallest absolute Gasteiger partial charge is 0.339 e. The predicted molar refractivity (Wildman–Crippen MR) is 129 cm³/mol. The van der Waals surface area contributed by atoms with E-state index >= 15 is 0 Å². The number of fused-ring (bicyclic) bond motifs is 1. The third-order valence-corrected chi connectivity index (χ3v) is 6.36. The second kappa shape index (κ2) is 9.19. The number of nitrogens with one attached hydrogen (secondary N) is 1. The molecule has 0 saturated carbocycles. The lowest BCUT2D eigenvalue weighted by molar-refractivity contribution is -0.164. The van der Waals surface area contributed by atoms with Crippen molar-refractivity contribution in [3.05, 3.63) is 58.0 Å². The molecule has 2 aromatic rings. The molecule has 1 atom stereocenters. The van der Waals surface area contributed by atoms with Crippen molar-refractivity contribution in [3.8, 4) is 16.9 Å². The minimum Gasteiger partial charge on any atom is -0.487 e. The number of esters is 1. The average Bonchev–Trinajstić information content (AvgIpc) is 2.71. The average molecular weight is 474 g/mol. The molecule has 0 aromatic heterocycles. The van der Waals surface area contributed by atoms with Crippen molar-refractivity contribution >= 4 is 21.7 Å². The van der Waals surface area contributed by atoms with Gasteiger partial charge in [-0.25, -0.2) is 13.2 Å². The van der Waals surface area contributed by atoms with Crippen molar-refractivity contribution in [3.63, 3.8) is 0 Å². The van der Waals surface area contributed by atoms with Gasteiger partial charge in [-0.15, -0.1) is 0 Å². The van der Waals surface area contributed by atoms with Crippen LogP contribution < -0.4 is 9.46 Å². The molecule has 33 heavy (non-hydrogen) atoms. The maximum absolute atomic E-state index is 13.0. The molecule has 0 saturated heterocycles. The Bertz CT molecular complexity index is 1190. The summed E-state index contributed by atoms with van der Waals surface area (Å²) < 4.78 is 45.0. The number of anilines is 1. The van der Waals surface area contributed by atoms with Crippen molar-refractivity contribution in [1.82, 2.24) is 0 Å². The molecule has 0 unspecified atom stereocenters. The van der Waals surface area contributed by atoms with Gasteiger partial charge in [0.2, 0.25) is 0 Å². The molecule has 0 amide bonds. The molecule has 0 spiro atoms. The summed E-state index contributed by atoms with van der Waals surface area (Å²) in [6.07, 6.45) is 0.361. The Hall–Kier alpha value is -2.84. The molecule has 0 aliphatic carbocycles. The van der Waals surface area contributed by atoms with Crippen molar-refractivity contribution in [1.29, 1.82) is 0 Å². The van der Waals surface area contributed by atoms with E-state index in [1.54, 1.807) is 6.92 Å². The number of benzene rings is 2. The van der Waals surface area contributed by atoms with Gasteiger partial charge in [0.05, 0.1) is 23.8 Å². The zero-order valence-corrected chi connectivity index (χ0v) is 20.9. The van der Waals surface area contributed by atoms with Gasteiger partial charge in [0.25, 0.3) is 10.0 Å². The normalized spacial score (nSPS) is 16.0. The number of carbonyl (C=O) groups is 1. The SMILES string of the molecule is COC(=O)[C@@H](OC(C)(C)C)c1c(C)c2c(c(C)c1-c1ccc(C)cc1)OCC=CS(=O)(=O)N2. The fraction of sp³-hybridized carbons (Fsp3) is 0.400. The molecule has 1 N–H and O–H groups in total. The van der Waals surface area contributed by atoms with Crippen LogP contribution in [0.3, 0.4) is 0 Å². The highest BCUT2D eigenvalue weighted by atomic mass is 32.2. The predicted octanol–water partition coefficient (Wildman–Crippen LogP) is 4.96. The maximum atomic E-state index is 13.0. The lowest BCUT2D eigenvalue weighted by Crippen LogP contribution is -2.29. The summed E-state index contributed by atoms with van der Waals surface area (Å²) >= 11 is 0. The summed E-state index contributed by atoms with van der Waals surface area (Å²) in [5.41, 5.74) is 4.06. The molecule has 7 nitrogen and oxygen atoms in total. The largest absolute Gasteiger partial charge is 0.487 e. The number of rotatable bonds is 4. The van der Waals surface area contributed by atoms with Crippen LogP contribution in [0.15, 0.2) is 35.7 Å². The van der Waals surface area contributed by atoms with E-state index in [1.165, 1.54) is 13.2 Å². The molecular formula is C25H31NO6S. The van der Waals surface area contributed by atoms with Gasteiger partial charge in [0.15, 0.2) is 6.10 Å². The quantitative estimate of drug-likeness (QED) is 0.632. The molecule has 3 rings (SSSR count). The molecule has 2 aromatic carbocycles. The fourth-order valence-corrected chi connectivity index (χ4v) is 4.81. The van der Waals surface area contributed by atoms with Crippen LogP contribution in [0.1, 0.15) is 49.1 Å². The van der Waals surface area contributed by atoms with Crippen LogP contribution in [0.25, 0.3) is 11.1 Å². The number of hydrogen-bond donors (Lipinski definition) is 1. The summed E-state index contributed by atoms with van der Waals surface area (Å²) in [5.74, 6) is -0.158. The number of methoxy groups -OCH3 is 1. The summed E-state index contributed by atoms with van der Waals surface area (Å²) in [6, 6.07) is 7.89.